The Bertz CT molecular complexity index is 844. The number of likely N-dealkylation sites (tertiary alicyclic amines) is 2. The third-order valence-corrected chi connectivity index (χ3v) is 6.63. The predicted molar refractivity (Wildman–Crippen MR) is 112 cm³/mol. The lowest BCUT2D eigenvalue weighted by Crippen LogP contribution is -2.52. The Labute approximate surface area is 177 Å². The van der Waals surface area contributed by atoms with Crippen LogP contribution in [0, 0.1) is 11.3 Å². The fourth-order valence-corrected chi connectivity index (χ4v) is 5.16. The highest BCUT2D eigenvalue weighted by Gasteiger charge is 2.55. The second-order valence-corrected chi connectivity index (χ2v) is 8.53. The monoisotopic (exact) mass is 410 g/mol. The van der Waals surface area contributed by atoms with Gasteiger partial charge in [0, 0.05) is 31.1 Å². The van der Waals surface area contributed by atoms with Crippen molar-refractivity contribution in [1.82, 2.24) is 9.80 Å². The number of amides is 2. The average Bonchev–Trinajstić information content (AvgIpc) is 3.43. The van der Waals surface area contributed by atoms with E-state index in [4.69, 9.17) is 4.74 Å². The largest absolute Gasteiger partial charge is 0.465 e. The first-order valence-corrected chi connectivity index (χ1v) is 11.1. The second kappa shape index (κ2) is 8.62. The number of hydrogen-bond acceptors (Lipinski definition) is 4. The van der Waals surface area contributed by atoms with Crippen molar-refractivity contribution in [2.75, 3.05) is 19.7 Å². The van der Waals surface area contributed by atoms with E-state index in [9.17, 15) is 14.4 Å². The number of benzene rings is 1. The molecule has 1 aromatic carbocycles. The average molecular weight is 411 g/mol. The van der Waals surface area contributed by atoms with Crippen LogP contribution in [0.1, 0.15) is 51.0 Å². The summed E-state index contributed by atoms with van der Waals surface area (Å²) in [4.78, 5) is 43.0. The Morgan fingerprint density at radius 3 is 2.60 bits per heavy atom. The lowest BCUT2D eigenvalue weighted by atomic mass is 9.71. The molecule has 1 aliphatic carbocycles. The van der Waals surface area contributed by atoms with Gasteiger partial charge in [-0.15, -0.1) is 0 Å². The van der Waals surface area contributed by atoms with Crippen molar-refractivity contribution in [3.63, 3.8) is 0 Å². The van der Waals surface area contributed by atoms with Crippen molar-refractivity contribution in [3.8, 4) is 0 Å². The van der Waals surface area contributed by atoms with E-state index in [1.807, 2.05) is 41.3 Å². The molecule has 4 rings (SSSR count). The summed E-state index contributed by atoms with van der Waals surface area (Å²) in [6, 6.07) is 9.79. The number of nitrogens with zero attached hydrogens (tertiary/aromatic N) is 2. The predicted octanol–water partition coefficient (Wildman–Crippen LogP) is 3.27. The first-order chi connectivity index (χ1) is 14.5. The van der Waals surface area contributed by atoms with E-state index >= 15 is 0 Å². The molecule has 2 amide bonds. The third kappa shape index (κ3) is 3.75. The van der Waals surface area contributed by atoms with Crippen LogP contribution < -0.4 is 0 Å². The van der Waals surface area contributed by atoms with Gasteiger partial charge in [0.2, 0.25) is 11.8 Å². The zero-order valence-electron chi connectivity index (χ0n) is 17.6. The summed E-state index contributed by atoms with van der Waals surface area (Å²) >= 11 is 0. The molecular formula is C24H30N2O4. The van der Waals surface area contributed by atoms with Gasteiger partial charge in [-0.3, -0.25) is 14.4 Å². The van der Waals surface area contributed by atoms with E-state index in [1.54, 1.807) is 11.8 Å². The highest BCUT2D eigenvalue weighted by atomic mass is 16.5. The van der Waals surface area contributed by atoms with Crippen LogP contribution in [-0.4, -0.2) is 47.3 Å². The number of fused-ring (bicyclic) bond motifs is 1. The van der Waals surface area contributed by atoms with Crippen LogP contribution in [0.25, 0.3) is 0 Å². The molecule has 0 bridgehead atoms. The second-order valence-electron chi connectivity index (χ2n) is 8.53. The lowest BCUT2D eigenvalue weighted by molar-refractivity contribution is -0.161. The molecule has 30 heavy (non-hydrogen) atoms. The van der Waals surface area contributed by atoms with Crippen LogP contribution in [0.2, 0.25) is 0 Å². The maximum absolute atomic E-state index is 13.5. The molecule has 3 aliphatic rings. The minimum atomic E-state index is -0.825. The standard InChI is InChI=1S/C24H30N2O4/c1-2-30-23(29)24-12-8-11-20(24)26(17-18-9-4-3-5-10-18)22(28)19(16-24)15-21(27)25-13-6-7-14-25/h3-5,9-11,19H,2,6-8,12-17H2,1H3/t19-,24+/m1/s1. The molecule has 0 unspecified atom stereocenters. The molecule has 2 atom stereocenters. The Morgan fingerprint density at radius 2 is 1.90 bits per heavy atom. The maximum atomic E-state index is 13.5. The van der Waals surface area contributed by atoms with E-state index < -0.39 is 11.3 Å². The Hall–Kier alpha value is -2.63. The van der Waals surface area contributed by atoms with Gasteiger partial charge in [-0.2, -0.15) is 0 Å². The summed E-state index contributed by atoms with van der Waals surface area (Å²) in [7, 11) is 0. The summed E-state index contributed by atoms with van der Waals surface area (Å²) in [5.74, 6) is -0.797. The maximum Gasteiger partial charge on any atom is 0.318 e. The molecule has 2 heterocycles. The van der Waals surface area contributed by atoms with Gasteiger partial charge in [-0.05, 0) is 44.6 Å². The summed E-state index contributed by atoms with van der Waals surface area (Å²) < 4.78 is 5.46. The number of hydrogen-bond donors (Lipinski definition) is 0. The lowest BCUT2D eigenvalue weighted by Gasteiger charge is -2.44. The van der Waals surface area contributed by atoms with Gasteiger partial charge < -0.3 is 14.5 Å². The highest BCUT2D eigenvalue weighted by Crippen LogP contribution is 2.51. The van der Waals surface area contributed by atoms with Crippen LogP contribution in [-0.2, 0) is 25.7 Å². The van der Waals surface area contributed by atoms with Crippen LogP contribution in [0.4, 0.5) is 0 Å². The van der Waals surface area contributed by atoms with Gasteiger partial charge in [-0.1, -0.05) is 36.4 Å². The minimum Gasteiger partial charge on any atom is -0.465 e. The number of ether oxygens (including phenoxy) is 1. The molecular weight excluding hydrogens is 380 g/mol. The molecule has 1 aromatic rings. The van der Waals surface area contributed by atoms with Crippen LogP contribution in [0.15, 0.2) is 42.1 Å². The molecule has 0 N–H and O–H groups in total. The molecule has 0 spiro atoms. The fraction of sp³-hybridized carbons (Fsp3) is 0.542. The number of esters is 1. The quantitative estimate of drug-likeness (QED) is 0.675. The molecule has 2 saturated heterocycles. The SMILES string of the molecule is CCOC(=O)[C@]12CCC=C1N(Cc1ccccc1)C(=O)[C@H](CC(=O)N1CCCC1)C2. The zero-order valence-corrected chi connectivity index (χ0v) is 17.6. The van der Waals surface area contributed by atoms with Crippen LogP contribution in [0.5, 0.6) is 0 Å². The topological polar surface area (TPSA) is 66.9 Å². The summed E-state index contributed by atoms with van der Waals surface area (Å²) in [6.45, 7) is 4.04. The van der Waals surface area contributed by atoms with Crippen molar-refractivity contribution >= 4 is 17.8 Å². The normalized spacial score (nSPS) is 25.8. The van der Waals surface area contributed by atoms with Gasteiger partial charge in [0.15, 0.2) is 0 Å². The van der Waals surface area contributed by atoms with Crippen molar-refractivity contribution in [2.45, 2.75) is 52.0 Å². The van der Waals surface area contributed by atoms with E-state index in [0.29, 0.717) is 26.0 Å². The third-order valence-electron chi connectivity index (χ3n) is 6.63. The highest BCUT2D eigenvalue weighted by molar-refractivity contribution is 5.92. The number of carbonyl (C=O) groups is 3. The van der Waals surface area contributed by atoms with E-state index in [-0.39, 0.29) is 24.2 Å². The fourth-order valence-electron chi connectivity index (χ4n) is 5.16. The molecule has 0 radical (unpaired) electrons. The van der Waals surface area contributed by atoms with E-state index in [2.05, 4.69) is 0 Å². The first-order valence-electron chi connectivity index (χ1n) is 11.1. The molecule has 2 aliphatic heterocycles. The van der Waals surface area contributed by atoms with Gasteiger partial charge in [0.05, 0.1) is 13.2 Å². The first kappa shape index (κ1) is 20.6. The molecule has 2 fully saturated rings. The Kier molecular flexibility index (Phi) is 5.93. The Balaban J connectivity index is 1.64. The summed E-state index contributed by atoms with van der Waals surface area (Å²) in [6.07, 6.45) is 5.94. The number of rotatable bonds is 6. The van der Waals surface area contributed by atoms with E-state index in [0.717, 1.165) is 43.6 Å². The zero-order chi connectivity index (χ0) is 21.1. The number of carbonyl (C=O) groups excluding carboxylic acids is 3. The number of allylic oxidation sites excluding steroid dienone is 1. The van der Waals surface area contributed by atoms with Gasteiger partial charge in [0.1, 0.15) is 5.41 Å². The Morgan fingerprint density at radius 1 is 1.17 bits per heavy atom. The summed E-state index contributed by atoms with van der Waals surface area (Å²) in [5.41, 5.74) is 0.942. The van der Waals surface area contributed by atoms with Crippen molar-refractivity contribution in [2.24, 2.45) is 11.3 Å². The molecule has 6 heteroatoms. The smallest absolute Gasteiger partial charge is 0.318 e. The van der Waals surface area contributed by atoms with Crippen LogP contribution >= 0.6 is 0 Å². The van der Waals surface area contributed by atoms with Gasteiger partial charge in [0.25, 0.3) is 0 Å². The number of piperidine rings is 1. The molecule has 0 aromatic heterocycles. The van der Waals surface area contributed by atoms with Crippen LogP contribution in [0.3, 0.4) is 0 Å². The van der Waals surface area contributed by atoms with Crippen molar-refractivity contribution in [3.05, 3.63) is 47.7 Å². The van der Waals surface area contributed by atoms with Gasteiger partial charge >= 0.3 is 5.97 Å². The molecule has 0 saturated carbocycles. The molecule has 160 valence electrons. The molecule has 6 nitrogen and oxygen atoms in total. The van der Waals surface area contributed by atoms with Crippen molar-refractivity contribution in [1.29, 1.82) is 0 Å². The van der Waals surface area contributed by atoms with E-state index in [1.165, 1.54) is 0 Å². The van der Waals surface area contributed by atoms with Gasteiger partial charge in [-0.25, -0.2) is 0 Å². The summed E-state index contributed by atoms with van der Waals surface area (Å²) in [5, 5.41) is 0. The minimum absolute atomic E-state index is 0.0231. The van der Waals surface area contributed by atoms with Crippen molar-refractivity contribution < 1.29 is 19.1 Å².